The van der Waals surface area contributed by atoms with E-state index in [1.807, 2.05) is 0 Å². The Balaban J connectivity index is 2.10. The second kappa shape index (κ2) is 7.65. The molecule has 0 radical (unpaired) electrons. The van der Waals surface area contributed by atoms with Gasteiger partial charge in [-0.15, -0.1) is 0 Å². The molecule has 0 aromatic carbocycles. The lowest BCUT2D eigenvalue weighted by Crippen LogP contribution is -2.34. The van der Waals surface area contributed by atoms with Gasteiger partial charge in [-0.3, -0.25) is 5.32 Å². The third kappa shape index (κ3) is 5.48. The van der Waals surface area contributed by atoms with Gasteiger partial charge >= 0.3 is 0 Å². The van der Waals surface area contributed by atoms with E-state index in [0.717, 1.165) is 6.42 Å². The van der Waals surface area contributed by atoms with E-state index >= 15 is 0 Å². The van der Waals surface area contributed by atoms with Crippen molar-refractivity contribution in [3.8, 4) is 6.07 Å². The summed E-state index contributed by atoms with van der Waals surface area (Å²) >= 11 is 0. The fraction of sp³-hybridized carbons (Fsp3) is 0.923. The monoisotopic (exact) mass is 224 g/mol. The molecule has 1 fully saturated rings. The van der Waals surface area contributed by atoms with Crippen molar-refractivity contribution in [3.63, 3.8) is 0 Å². The summed E-state index contributed by atoms with van der Waals surface area (Å²) in [4.78, 5) is 0. The van der Waals surface area contributed by atoms with Crippen molar-refractivity contribution in [1.29, 1.82) is 5.26 Å². The van der Waals surface area contributed by atoms with E-state index in [9.17, 15) is 0 Å². The molecule has 0 aromatic rings. The summed E-state index contributed by atoms with van der Waals surface area (Å²) in [6.07, 6.45) is 7.62. The molecule has 1 rings (SSSR count). The molecule has 3 heteroatoms. The van der Waals surface area contributed by atoms with Crippen molar-refractivity contribution in [3.05, 3.63) is 0 Å². The van der Waals surface area contributed by atoms with Gasteiger partial charge in [-0.2, -0.15) is 5.26 Å². The molecule has 0 aliphatic heterocycles. The quantitative estimate of drug-likeness (QED) is 0.754. The zero-order valence-electron chi connectivity index (χ0n) is 10.5. The molecule has 1 saturated carbocycles. The third-order valence-electron chi connectivity index (χ3n) is 3.00. The van der Waals surface area contributed by atoms with Gasteiger partial charge in [0, 0.05) is 12.6 Å². The van der Waals surface area contributed by atoms with Crippen molar-refractivity contribution in [2.75, 3.05) is 6.61 Å². The lowest BCUT2D eigenvalue weighted by atomic mass is 9.98. The normalized spacial score (nSPS) is 19.6. The zero-order valence-corrected chi connectivity index (χ0v) is 10.5. The van der Waals surface area contributed by atoms with Crippen LogP contribution in [0.25, 0.3) is 0 Å². The van der Waals surface area contributed by atoms with E-state index < -0.39 is 0 Å². The van der Waals surface area contributed by atoms with E-state index in [4.69, 9.17) is 10.00 Å². The smallest absolute Gasteiger partial charge is 0.0976 e. The summed E-state index contributed by atoms with van der Waals surface area (Å²) in [5.74, 6) is 0. The predicted molar refractivity (Wildman–Crippen MR) is 65.1 cm³/mol. The number of hydrogen-bond acceptors (Lipinski definition) is 3. The molecule has 16 heavy (non-hydrogen) atoms. The fourth-order valence-electron chi connectivity index (χ4n) is 2.17. The molecule has 0 aromatic heterocycles. The second-order valence-corrected chi connectivity index (χ2v) is 4.92. The Morgan fingerprint density at radius 3 is 2.56 bits per heavy atom. The summed E-state index contributed by atoms with van der Waals surface area (Å²) in [5, 5.41) is 12.2. The molecule has 1 aliphatic carbocycles. The maximum absolute atomic E-state index is 8.94. The number of nitrogens with one attached hydrogen (secondary N) is 1. The van der Waals surface area contributed by atoms with E-state index in [2.05, 4.69) is 25.2 Å². The Hall–Kier alpha value is -0.590. The minimum Gasteiger partial charge on any atom is -0.378 e. The van der Waals surface area contributed by atoms with E-state index in [0.29, 0.717) is 18.8 Å². The highest BCUT2D eigenvalue weighted by Crippen LogP contribution is 2.20. The van der Waals surface area contributed by atoms with Crippen molar-refractivity contribution in [2.45, 2.75) is 70.6 Å². The first kappa shape index (κ1) is 13.5. The molecule has 0 bridgehead atoms. The lowest BCUT2D eigenvalue weighted by Gasteiger charge is -2.23. The number of nitriles is 1. The van der Waals surface area contributed by atoms with Gasteiger partial charge in [0.25, 0.3) is 0 Å². The first-order valence-corrected chi connectivity index (χ1v) is 6.49. The molecule has 3 nitrogen and oxygen atoms in total. The van der Waals surface area contributed by atoms with E-state index in [1.165, 1.54) is 32.1 Å². The molecule has 1 unspecified atom stereocenters. The van der Waals surface area contributed by atoms with Gasteiger partial charge in [-0.25, -0.2) is 0 Å². The van der Waals surface area contributed by atoms with Crippen molar-refractivity contribution in [2.24, 2.45) is 0 Å². The Kier molecular flexibility index (Phi) is 6.44. The first-order valence-electron chi connectivity index (χ1n) is 6.49. The van der Waals surface area contributed by atoms with Crippen LogP contribution in [0.2, 0.25) is 0 Å². The summed E-state index contributed by atoms with van der Waals surface area (Å²) in [5.41, 5.74) is 0. The van der Waals surface area contributed by atoms with Gasteiger partial charge in [-0.05, 0) is 33.1 Å². The molecule has 1 aliphatic rings. The molecule has 92 valence electrons. The largest absolute Gasteiger partial charge is 0.378 e. The average Bonchev–Trinajstić information content (AvgIpc) is 2.28. The summed E-state index contributed by atoms with van der Waals surface area (Å²) in [6, 6.07) is 2.57. The highest BCUT2D eigenvalue weighted by atomic mass is 16.5. The van der Waals surface area contributed by atoms with E-state index in [-0.39, 0.29) is 6.04 Å². The molecular formula is C13H24N2O. The van der Waals surface area contributed by atoms with Crippen LogP contribution in [0.15, 0.2) is 0 Å². The minimum atomic E-state index is -0.0661. The highest BCUT2D eigenvalue weighted by Gasteiger charge is 2.14. The van der Waals surface area contributed by atoms with Crippen LogP contribution >= 0.6 is 0 Å². The van der Waals surface area contributed by atoms with Gasteiger partial charge in [-0.1, -0.05) is 19.3 Å². The molecule has 1 atom stereocenters. The van der Waals surface area contributed by atoms with Gasteiger partial charge < -0.3 is 4.74 Å². The molecular weight excluding hydrogens is 200 g/mol. The number of rotatable bonds is 6. The Morgan fingerprint density at radius 2 is 2.00 bits per heavy atom. The summed E-state index contributed by atoms with van der Waals surface area (Å²) in [6.45, 7) is 4.83. The zero-order chi connectivity index (χ0) is 11.8. The van der Waals surface area contributed by atoms with Gasteiger partial charge in [0.15, 0.2) is 0 Å². The van der Waals surface area contributed by atoms with Gasteiger partial charge in [0.05, 0.1) is 18.2 Å². The number of ether oxygens (including phenoxy) is 1. The van der Waals surface area contributed by atoms with Crippen LogP contribution < -0.4 is 5.32 Å². The van der Waals surface area contributed by atoms with Crippen LogP contribution in [0.3, 0.4) is 0 Å². The van der Waals surface area contributed by atoms with Crippen LogP contribution in [0.4, 0.5) is 0 Å². The fourth-order valence-corrected chi connectivity index (χ4v) is 2.17. The molecule has 0 spiro atoms. The van der Waals surface area contributed by atoms with Crippen molar-refractivity contribution < 1.29 is 4.74 Å². The number of nitrogens with zero attached hydrogens (tertiary/aromatic N) is 1. The first-order chi connectivity index (χ1) is 7.72. The van der Waals surface area contributed by atoms with Crippen LogP contribution in [-0.4, -0.2) is 24.8 Å². The Labute approximate surface area is 99.2 Å². The average molecular weight is 224 g/mol. The van der Waals surface area contributed by atoms with Crippen molar-refractivity contribution >= 4 is 0 Å². The summed E-state index contributed by atoms with van der Waals surface area (Å²) in [7, 11) is 0. The highest BCUT2D eigenvalue weighted by molar-refractivity contribution is 4.90. The Bertz CT molecular complexity index is 216. The minimum absolute atomic E-state index is 0.0661. The maximum atomic E-state index is 8.94. The Morgan fingerprint density at radius 1 is 1.31 bits per heavy atom. The topological polar surface area (TPSA) is 45.0 Å². The van der Waals surface area contributed by atoms with Crippen LogP contribution in [-0.2, 0) is 4.74 Å². The SMILES string of the molecule is CC(C)NC(C#N)CCOC1CCCCC1. The van der Waals surface area contributed by atoms with Crippen molar-refractivity contribution in [1.82, 2.24) is 5.32 Å². The maximum Gasteiger partial charge on any atom is 0.0976 e. The molecule has 0 amide bonds. The van der Waals surface area contributed by atoms with E-state index in [1.54, 1.807) is 0 Å². The summed E-state index contributed by atoms with van der Waals surface area (Å²) < 4.78 is 5.81. The van der Waals surface area contributed by atoms with Gasteiger partial charge in [0.2, 0.25) is 0 Å². The molecule has 0 heterocycles. The third-order valence-corrected chi connectivity index (χ3v) is 3.00. The van der Waals surface area contributed by atoms with Gasteiger partial charge in [0.1, 0.15) is 0 Å². The molecule has 1 N–H and O–H groups in total. The van der Waals surface area contributed by atoms with Crippen LogP contribution in [0.5, 0.6) is 0 Å². The van der Waals surface area contributed by atoms with Crippen LogP contribution in [0.1, 0.15) is 52.4 Å². The molecule has 0 saturated heterocycles. The predicted octanol–water partition coefficient (Wildman–Crippen LogP) is 2.62. The standard InChI is InChI=1S/C13H24N2O/c1-11(2)15-12(10-14)8-9-16-13-6-4-3-5-7-13/h11-13,15H,3-9H2,1-2H3. The lowest BCUT2D eigenvalue weighted by molar-refractivity contribution is 0.0251. The second-order valence-electron chi connectivity index (χ2n) is 4.92. The van der Waals surface area contributed by atoms with Crippen LogP contribution in [0, 0.1) is 11.3 Å². The number of hydrogen-bond donors (Lipinski definition) is 1.